The van der Waals surface area contributed by atoms with E-state index in [1.165, 1.54) is 36.3 Å². The largest absolute Gasteiger partial charge is 0.247 e. The lowest BCUT2D eigenvalue weighted by atomic mass is 9.96. The van der Waals surface area contributed by atoms with Gasteiger partial charge in [0.1, 0.15) is 0 Å². The predicted molar refractivity (Wildman–Crippen MR) is 207 cm³/mol. The molecule has 0 radical (unpaired) electrons. The van der Waals surface area contributed by atoms with Gasteiger partial charge in [0.15, 0.2) is 5.82 Å². The fraction of sp³-hybridized carbons (Fsp3) is 0. The van der Waals surface area contributed by atoms with Gasteiger partial charge in [0.2, 0.25) is 0 Å². The summed E-state index contributed by atoms with van der Waals surface area (Å²) in [6.07, 6.45) is 0. The van der Waals surface area contributed by atoms with Crippen LogP contribution in [0.2, 0.25) is 0 Å². The molecule has 10 rings (SSSR count). The van der Waals surface area contributed by atoms with Gasteiger partial charge < -0.3 is 0 Å². The lowest BCUT2D eigenvalue weighted by Crippen LogP contribution is -1.95. The van der Waals surface area contributed by atoms with Crippen LogP contribution in [0.3, 0.4) is 0 Å². The Labute approximate surface area is 286 Å². The van der Waals surface area contributed by atoms with Gasteiger partial charge >= 0.3 is 0 Å². The minimum absolute atomic E-state index is 0.720. The zero-order valence-corrected chi connectivity index (χ0v) is 27.2. The molecule has 0 aliphatic carbocycles. The van der Waals surface area contributed by atoms with Crippen LogP contribution in [0.25, 0.3) is 97.8 Å². The van der Waals surface area contributed by atoms with Crippen LogP contribution in [0.4, 0.5) is 0 Å². The molecular weight excluding hydrogens is 615 g/mol. The van der Waals surface area contributed by atoms with E-state index in [1.807, 2.05) is 29.5 Å². The van der Waals surface area contributed by atoms with Crippen molar-refractivity contribution in [2.75, 3.05) is 0 Å². The maximum absolute atomic E-state index is 5.27. The summed E-state index contributed by atoms with van der Waals surface area (Å²) in [5, 5.41) is 7.30. The number of fused-ring (bicyclic) bond motifs is 8. The van der Waals surface area contributed by atoms with Crippen LogP contribution in [-0.4, -0.2) is 15.0 Å². The van der Waals surface area contributed by atoms with Crippen LogP contribution >= 0.6 is 11.3 Å². The highest BCUT2D eigenvalue weighted by molar-refractivity contribution is 7.26. The Balaban J connectivity index is 1.08. The minimum atomic E-state index is 0.720. The fourth-order valence-corrected chi connectivity index (χ4v) is 8.38. The summed E-state index contributed by atoms with van der Waals surface area (Å²) >= 11 is 1.87. The highest BCUT2D eigenvalue weighted by atomic mass is 32.1. The van der Waals surface area contributed by atoms with Gasteiger partial charge in [-0.25, -0.2) is 15.0 Å². The molecule has 4 heteroatoms. The van der Waals surface area contributed by atoms with Crippen LogP contribution in [-0.2, 0) is 0 Å². The maximum atomic E-state index is 5.27. The molecule has 0 unspecified atom stereocenters. The molecule has 0 amide bonds. The average molecular weight is 642 g/mol. The number of benzene rings is 7. The molecule has 0 saturated carbocycles. The molecule has 10 aromatic rings. The number of para-hydroxylation sites is 2. The number of aromatic nitrogens is 3. The third kappa shape index (κ3) is 4.61. The topological polar surface area (TPSA) is 38.7 Å². The Morgan fingerprint density at radius 2 is 0.959 bits per heavy atom. The molecule has 3 nitrogen and oxygen atoms in total. The molecule has 0 fully saturated rings. The predicted octanol–water partition coefficient (Wildman–Crippen LogP) is 12.4. The minimum Gasteiger partial charge on any atom is -0.247 e. The van der Waals surface area contributed by atoms with Crippen molar-refractivity contribution in [3.05, 3.63) is 164 Å². The van der Waals surface area contributed by atoms with E-state index in [2.05, 4.69) is 146 Å². The van der Waals surface area contributed by atoms with Gasteiger partial charge in [-0.3, -0.25) is 0 Å². The average Bonchev–Trinajstić information content (AvgIpc) is 3.56. The van der Waals surface area contributed by atoms with Gasteiger partial charge in [0.25, 0.3) is 0 Å². The van der Waals surface area contributed by atoms with Gasteiger partial charge in [-0.2, -0.15) is 0 Å². The molecule has 0 atom stereocenters. The van der Waals surface area contributed by atoms with E-state index in [0.717, 1.165) is 61.4 Å². The molecule has 0 spiro atoms. The standard InChI is InChI=1S/C45H27N3S/c1-2-11-29(12-3-1)42-36-17-5-8-19-39(36)47-45(48-42)30-23-21-28(22-24-30)31-13-10-14-32(27-31)43-37-26-25-34-33-15-6-9-20-40(33)49-44(34)41(37)35-16-4-7-18-38(35)46-43/h1-27H. The number of nitrogens with zero attached hydrogens (tertiary/aromatic N) is 3. The van der Waals surface area contributed by atoms with Gasteiger partial charge in [0, 0.05) is 58.4 Å². The van der Waals surface area contributed by atoms with Crippen LogP contribution in [0.5, 0.6) is 0 Å². The number of rotatable bonds is 4. The lowest BCUT2D eigenvalue weighted by Gasteiger charge is -2.13. The van der Waals surface area contributed by atoms with E-state index in [1.54, 1.807) is 0 Å². The Morgan fingerprint density at radius 3 is 1.80 bits per heavy atom. The second kappa shape index (κ2) is 11.2. The van der Waals surface area contributed by atoms with E-state index in [9.17, 15) is 0 Å². The molecule has 3 heterocycles. The molecule has 0 N–H and O–H groups in total. The van der Waals surface area contributed by atoms with E-state index in [4.69, 9.17) is 15.0 Å². The summed E-state index contributed by atoms with van der Waals surface area (Å²) in [7, 11) is 0. The number of thiophene rings is 1. The fourth-order valence-electron chi connectivity index (χ4n) is 7.12. The van der Waals surface area contributed by atoms with Crippen molar-refractivity contribution in [2.45, 2.75) is 0 Å². The summed E-state index contributed by atoms with van der Waals surface area (Å²) < 4.78 is 2.62. The molecule has 49 heavy (non-hydrogen) atoms. The molecule has 3 aromatic heterocycles. The summed E-state index contributed by atoms with van der Waals surface area (Å²) in [5.41, 5.74) is 9.33. The van der Waals surface area contributed by atoms with Crippen molar-refractivity contribution in [3.8, 4) is 45.0 Å². The SMILES string of the molecule is c1ccc(-c2nc(-c3ccc(-c4cccc(-c5nc6ccccc6c6c5ccc5c7ccccc7sc56)c4)cc3)nc3ccccc23)cc1. The molecular formula is C45H27N3S. The Kier molecular flexibility index (Phi) is 6.36. The highest BCUT2D eigenvalue weighted by Crippen LogP contribution is 2.43. The van der Waals surface area contributed by atoms with Gasteiger partial charge in [-0.05, 0) is 35.4 Å². The van der Waals surface area contributed by atoms with Gasteiger partial charge in [-0.15, -0.1) is 11.3 Å². The van der Waals surface area contributed by atoms with Crippen molar-refractivity contribution in [1.82, 2.24) is 15.0 Å². The molecule has 0 aliphatic rings. The Hall–Kier alpha value is -6.23. The van der Waals surface area contributed by atoms with Crippen LogP contribution in [0, 0.1) is 0 Å². The summed E-state index contributed by atoms with van der Waals surface area (Å²) in [6, 6.07) is 57.7. The number of pyridine rings is 1. The molecule has 0 aliphatic heterocycles. The van der Waals surface area contributed by atoms with Gasteiger partial charge in [0.05, 0.1) is 22.4 Å². The second-order valence-electron chi connectivity index (χ2n) is 12.4. The van der Waals surface area contributed by atoms with Crippen molar-refractivity contribution >= 4 is 64.1 Å². The maximum Gasteiger partial charge on any atom is 0.160 e. The third-order valence-electron chi connectivity index (χ3n) is 9.47. The summed E-state index contributed by atoms with van der Waals surface area (Å²) in [4.78, 5) is 15.3. The van der Waals surface area contributed by atoms with Crippen molar-refractivity contribution in [3.63, 3.8) is 0 Å². The Morgan fingerprint density at radius 1 is 0.347 bits per heavy atom. The summed E-state index contributed by atoms with van der Waals surface area (Å²) in [5.74, 6) is 0.720. The lowest BCUT2D eigenvalue weighted by molar-refractivity contribution is 1.23. The van der Waals surface area contributed by atoms with Crippen molar-refractivity contribution in [1.29, 1.82) is 0 Å². The van der Waals surface area contributed by atoms with Crippen LogP contribution in [0.15, 0.2) is 164 Å². The quantitative estimate of drug-likeness (QED) is 0.180. The molecule has 0 saturated heterocycles. The summed E-state index contributed by atoms with van der Waals surface area (Å²) in [6.45, 7) is 0. The normalized spacial score (nSPS) is 11.7. The Bertz CT molecular complexity index is 2870. The number of hydrogen-bond acceptors (Lipinski definition) is 4. The smallest absolute Gasteiger partial charge is 0.160 e. The zero-order chi connectivity index (χ0) is 32.3. The van der Waals surface area contributed by atoms with Crippen molar-refractivity contribution in [2.24, 2.45) is 0 Å². The first-order valence-corrected chi connectivity index (χ1v) is 17.3. The van der Waals surface area contributed by atoms with E-state index < -0.39 is 0 Å². The van der Waals surface area contributed by atoms with Crippen LogP contribution in [0.1, 0.15) is 0 Å². The number of hydrogen-bond donors (Lipinski definition) is 0. The monoisotopic (exact) mass is 641 g/mol. The molecule has 7 aromatic carbocycles. The van der Waals surface area contributed by atoms with E-state index in [0.29, 0.717) is 0 Å². The first-order valence-electron chi connectivity index (χ1n) is 16.4. The highest BCUT2D eigenvalue weighted by Gasteiger charge is 2.17. The zero-order valence-electron chi connectivity index (χ0n) is 26.3. The van der Waals surface area contributed by atoms with E-state index in [-0.39, 0.29) is 0 Å². The first kappa shape index (κ1) is 27.8. The second-order valence-corrected chi connectivity index (χ2v) is 13.4. The molecule has 0 bridgehead atoms. The van der Waals surface area contributed by atoms with Crippen molar-refractivity contribution < 1.29 is 0 Å². The van der Waals surface area contributed by atoms with Crippen LogP contribution < -0.4 is 0 Å². The first-order chi connectivity index (χ1) is 24.3. The third-order valence-corrected chi connectivity index (χ3v) is 10.7. The van der Waals surface area contributed by atoms with Gasteiger partial charge in [-0.1, -0.05) is 140 Å². The van der Waals surface area contributed by atoms with E-state index >= 15 is 0 Å². The molecule has 228 valence electrons.